The molecule has 0 unspecified atom stereocenters. The molecule has 0 atom stereocenters. The molecule has 0 bridgehead atoms. The fraction of sp³-hybridized carbons (Fsp3) is 0.739. The highest BCUT2D eigenvalue weighted by Gasteiger charge is 2.27. The highest BCUT2D eigenvalue weighted by Crippen LogP contribution is 2.28. The van der Waals surface area contributed by atoms with Crippen LogP contribution in [0.1, 0.15) is 62.6 Å². The maximum Gasteiger partial charge on any atom is 0.278 e. The van der Waals surface area contributed by atoms with Crippen molar-refractivity contribution in [2.75, 3.05) is 44.2 Å². The lowest BCUT2D eigenvalue weighted by atomic mass is 9.96. The van der Waals surface area contributed by atoms with Crippen LogP contribution in [0.5, 0.6) is 0 Å². The average Bonchev–Trinajstić information content (AvgIpc) is 3.27. The molecule has 2 saturated heterocycles. The van der Waals surface area contributed by atoms with Gasteiger partial charge in [0.1, 0.15) is 0 Å². The highest BCUT2D eigenvalue weighted by atomic mass is 32.1. The molecule has 32 heavy (non-hydrogen) atoms. The van der Waals surface area contributed by atoms with Gasteiger partial charge in [0.05, 0.1) is 5.69 Å². The van der Waals surface area contributed by atoms with E-state index in [1.807, 2.05) is 0 Å². The van der Waals surface area contributed by atoms with Crippen LogP contribution < -0.4 is 15.8 Å². The van der Waals surface area contributed by atoms with Gasteiger partial charge in [0.15, 0.2) is 0 Å². The molecule has 1 amide bonds. The first-order valence-corrected chi connectivity index (χ1v) is 13.2. The normalized spacial score (nSPS) is 20.4. The lowest BCUT2D eigenvalue weighted by Crippen LogP contribution is -2.41. The molecule has 5 rings (SSSR count). The SMILES string of the molecule is O=C(NCCCN1CCCCC1)C1CCN(c2nn3c(=O)c4c(nc3s2)CCCC4)CC1. The molecular weight excluding hydrogens is 424 g/mol. The molecule has 0 aromatic carbocycles. The number of rotatable bonds is 6. The van der Waals surface area contributed by atoms with E-state index in [1.165, 1.54) is 48.2 Å². The van der Waals surface area contributed by atoms with E-state index in [4.69, 9.17) is 4.98 Å². The molecule has 3 aliphatic rings. The summed E-state index contributed by atoms with van der Waals surface area (Å²) in [7, 11) is 0. The van der Waals surface area contributed by atoms with Crippen molar-refractivity contribution in [2.45, 2.75) is 64.2 Å². The summed E-state index contributed by atoms with van der Waals surface area (Å²) in [6.07, 6.45) is 10.5. The Balaban J connectivity index is 1.12. The molecule has 2 aromatic heterocycles. The summed E-state index contributed by atoms with van der Waals surface area (Å²) in [5.41, 5.74) is 1.82. The number of aromatic nitrogens is 3. The molecule has 8 nitrogen and oxygen atoms in total. The van der Waals surface area contributed by atoms with Gasteiger partial charge in [0, 0.05) is 31.1 Å². The smallest absolute Gasteiger partial charge is 0.278 e. The molecule has 9 heteroatoms. The minimum atomic E-state index is 0.00557. The number of aryl methyl sites for hydroxylation is 1. The third-order valence-electron chi connectivity index (χ3n) is 7.20. The van der Waals surface area contributed by atoms with Gasteiger partial charge in [-0.3, -0.25) is 9.59 Å². The van der Waals surface area contributed by atoms with Crippen LogP contribution in [0.2, 0.25) is 0 Å². The van der Waals surface area contributed by atoms with Crippen LogP contribution in [0.3, 0.4) is 0 Å². The number of fused-ring (bicyclic) bond motifs is 2. The third kappa shape index (κ3) is 4.69. The Morgan fingerprint density at radius 3 is 2.62 bits per heavy atom. The first-order valence-electron chi connectivity index (χ1n) is 12.4. The zero-order valence-corrected chi connectivity index (χ0v) is 19.7. The maximum atomic E-state index is 12.8. The van der Waals surface area contributed by atoms with Gasteiger partial charge in [-0.1, -0.05) is 17.8 Å². The predicted molar refractivity (Wildman–Crippen MR) is 127 cm³/mol. The minimum absolute atomic E-state index is 0.00557. The van der Waals surface area contributed by atoms with Crippen LogP contribution in [-0.4, -0.2) is 64.7 Å². The van der Waals surface area contributed by atoms with Crippen molar-refractivity contribution in [2.24, 2.45) is 5.92 Å². The second kappa shape index (κ2) is 9.87. The zero-order chi connectivity index (χ0) is 21.9. The van der Waals surface area contributed by atoms with Crippen LogP contribution in [0.15, 0.2) is 4.79 Å². The number of nitrogens with zero attached hydrogens (tertiary/aromatic N) is 5. The van der Waals surface area contributed by atoms with E-state index in [1.54, 1.807) is 0 Å². The second-order valence-corrected chi connectivity index (χ2v) is 10.4. The molecule has 0 saturated carbocycles. The van der Waals surface area contributed by atoms with E-state index in [0.29, 0.717) is 4.96 Å². The molecule has 2 fully saturated rings. The molecule has 4 heterocycles. The fourth-order valence-corrected chi connectivity index (χ4v) is 6.23. The monoisotopic (exact) mass is 458 g/mol. The first-order chi connectivity index (χ1) is 15.7. The topological polar surface area (TPSA) is 82.8 Å². The van der Waals surface area contributed by atoms with Crippen molar-refractivity contribution in [3.63, 3.8) is 0 Å². The van der Waals surface area contributed by atoms with Gasteiger partial charge < -0.3 is 15.1 Å². The van der Waals surface area contributed by atoms with Gasteiger partial charge in [0.25, 0.3) is 5.56 Å². The van der Waals surface area contributed by atoms with Crippen molar-refractivity contribution in [1.82, 2.24) is 24.8 Å². The number of piperidine rings is 2. The Hall–Kier alpha value is -2.00. The van der Waals surface area contributed by atoms with E-state index in [0.717, 1.165) is 87.5 Å². The summed E-state index contributed by atoms with van der Waals surface area (Å²) >= 11 is 1.49. The van der Waals surface area contributed by atoms with Crippen LogP contribution in [0, 0.1) is 5.92 Å². The molecule has 1 aliphatic carbocycles. The molecule has 2 aliphatic heterocycles. The lowest BCUT2D eigenvalue weighted by Gasteiger charge is -2.30. The second-order valence-electron chi connectivity index (χ2n) is 9.44. The van der Waals surface area contributed by atoms with E-state index in [-0.39, 0.29) is 17.4 Å². The lowest BCUT2D eigenvalue weighted by molar-refractivity contribution is -0.125. The Labute approximate surface area is 193 Å². The summed E-state index contributed by atoms with van der Waals surface area (Å²) in [5, 5.41) is 8.60. The number of hydrogen-bond acceptors (Lipinski definition) is 7. The Morgan fingerprint density at radius 1 is 1.03 bits per heavy atom. The van der Waals surface area contributed by atoms with E-state index in [9.17, 15) is 9.59 Å². The quantitative estimate of drug-likeness (QED) is 0.669. The van der Waals surface area contributed by atoms with Gasteiger partial charge in [-0.2, -0.15) is 4.52 Å². The number of likely N-dealkylation sites (tertiary alicyclic amines) is 1. The van der Waals surface area contributed by atoms with E-state index in [2.05, 4.69) is 20.2 Å². The van der Waals surface area contributed by atoms with Crippen LogP contribution in [-0.2, 0) is 17.6 Å². The molecule has 174 valence electrons. The molecule has 2 aromatic rings. The minimum Gasteiger partial charge on any atom is -0.356 e. The van der Waals surface area contributed by atoms with Crippen LogP contribution in [0.25, 0.3) is 4.96 Å². The van der Waals surface area contributed by atoms with Crippen molar-refractivity contribution in [3.05, 3.63) is 21.6 Å². The van der Waals surface area contributed by atoms with Gasteiger partial charge in [-0.15, -0.1) is 5.10 Å². The van der Waals surface area contributed by atoms with Crippen LogP contribution in [0.4, 0.5) is 5.13 Å². The third-order valence-corrected chi connectivity index (χ3v) is 8.17. The largest absolute Gasteiger partial charge is 0.356 e. The summed E-state index contributed by atoms with van der Waals surface area (Å²) < 4.78 is 1.49. The zero-order valence-electron chi connectivity index (χ0n) is 18.9. The highest BCUT2D eigenvalue weighted by molar-refractivity contribution is 7.20. The van der Waals surface area contributed by atoms with Crippen LogP contribution >= 0.6 is 11.3 Å². The van der Waals surface area contributed by atoms with Gasteiger partial charge in [0.2, 0.25) is 16.0 Å². The molecular formula is C23H34N6O2S. The number of amides is 1. The number of nitrogens with one attached hydrogen (secondary N) is 1. The number of hydrogen-bond donors (Lipinski definition) is 1. The average molecular weight is 459 g/mol. The fourth-order valence-electron chi connectivity index (χ4n) is 5.26. The Morgan fingerprint density at radius 2 is 1.81 bits per heavy atom. The van der Waals surface area contributed by atoms with Gasteiger partial charge >= 0.3 is 0 Å². The molecule has 0 spiro atoms. The Kier molecular flexibility index (Phi) is 6.73. The Bertz CT molecular complexity index is 1000. The number of carbonyl (C=O) groups excluding carboxylic acids is 1. The number of carbonyl (C=O) groups is 1. The van der Waals surface area contributed by atoms with Gasteiger partial charge in [-0.25, -0.2) is 4.98 Å². The van der Waals surface area contributed by atoms with E-state index < -0.39 is 0 Å². The van der Waals surface area contributed by atoms with Crippen molar-refractivity contribution >= 4 is 27.3 Å². The summed E-state index contributed by atoms with van der Waals surface area (Å²) in [4.78, 5) is 35.6. The predicted octanol–water partition coefficient (Wildman–Crippen LogP) is 2.24. The maximum absolute atomic E-state index is 12.8. The van der Waals surface area contributed by atoms with Crippen molar-refractivity contribution in [1.29, 1.82) is 0 Å². The summed E-state index contributed by atoms with van der Waals surface area (Å²) in [5.74, 6) is 0.266. The van der Waals surface area contributed by atoms with Gasteiger partial charge in [-0.05, 0) is 77.4 Å². The molecule has 0 radical (unpaired) electrons. The summed E-state index contributed by atoms with van der Waals surface area (Å²) in [6.45, 7) is 5.87. The standard InChI is InChI=1S/C23H34N6O2S/c30-20(24-11-6-14-27-12-4-1-5-13-27)17-9-15-28(16-10-17)23-26-29-21(31)18-7-2-3-8-19(18)25-22(29)32-23/h17H,1-16H2,(H,24,30). The molecule has 1 N–H and O–H groups in total. The number of anilines is 1. The van der Waals surface area contributed by atoms with E-state index >= 15 is 0 Å². The summed E-state index contributed by atoms with van der Waals surface area (Å²) in [6, 6.07) is 0. The van der Waals surface area contributed by atoms with Crippen molar-refractivity contribution < 1.29 is 4.79 Å². The first kappa shape index (κ1) is 21.8. The van der Waals surface area contributed by atoms with Crippen molar-refractivity contribution in [3.8, 4) is 0 Å².